The van der Waals surface area contributed by atoms with Gasteiger partial charge in [0, 0.05) is 23.9 Å². The van der Waals surface area contributed by atoms with E-state index in [9.17, 15) is 4.79 Å². The lowest BCUT2D eigenvalue weighted by molar-refractivity contribution is 0.0931. The van der Waals surface area contributed by atoms with Gasteiger partial charge in [-0.3, -0.25) is 4.79 Å². The zero-order valence-corrected chi connectivity index (χ0v) is 11.9. The summed E-state index contributed by atoms with van der Waals surface area (Å²) in [7, 11) is 0. The Bertz CT molecular complexity index is 610. The van der Waals surface area contributed by atoms with Crippen LogP contribution < -0.4 is 5.32 Å². The molecular formula is C16H20N2O2. The van der Waals surface area contributed by atoms with E-state index in [1.807, 2.05) is 18.3 Å². The molecule has 2 aromatic heterocycles. The van der Waals surface area contributed by atoms with Crippen LogP contribution in [0.5, 0.6) is 0 Å². The number of hydrogen-bond acceptors (Lipinski definition) is 2. The van der Waals surface area contributed by atoms with Crippen LogP contribution in [0.15, 0.2) is 29.0 Å². The lowest BCUT2D eigenvalue weighted by Gasteiger charge is -2.23. The molecule has 1 aliphatic carbocycles. The van der Waals surface area contributed by atoms with Crippen LogP contribution in [0.25, 0.3) is 0 Å². The van der Waals surface area contributed by atoms with E-state index in [0.29, 0.717) is 5.92 Å². The molecule has 0 saturated carbocycles. The molecule has 2 N–H and O–H groups in total. The van der Waals surface area contributed by atoms with E-state index in [0.717, 1.165) is 41.8 Å². The first-order valence-electron chi connectivity index (χ1n) is 7.21. The number of rotatable bonds is 3. The van der Waals surface area contributed by atoms with E-state index in [4.69, 9.17) is 4.42 Å². The maximum absolute atomic E-state index is 12.5. The summed E-state index contributed by atoms with van der Waals surface area (Å²) in [6.45, 7) is 4.16. The van der Waals surface area contributed by atoms with Crippen molar-refractivity contribution in [2.24, 2.45) is 0 Å². The first-order valence-corrected chi connectivity index (χ1v) is 7.21. The average molecular weight is 272 g/mol. The van der Waals surface area contributed by atoms with Gasteiger partial charge >= 0.3 is 0 Å². The molecule has 0 unspecified atom stereocenters. The summed E-state index contributed by atoms with van der Waals surface area (Å²) in [4.78, 5) is 15.6. The van der Waals surface area contributed by atoms with Crippen molar-refractivity contribution < 1.29 is 9.21 Å². The van der Waals surface area contributed by atoms with Crippen molar-refractivity contribution in [1.29, 1.82) is 0 Å². The zero-order valence-electron chi connectivity index (χ0n) is 11.9. The third-order valence-electron chi connectivity index (χ3n) is 3.96. The van der Waals surface area contributed by atoms with Crippen molar-refractivity contribution in [2.45, 2.75) is 45.1 Å². The Kier molecular flexibility index (Phi) is 3.38. The van der Waals surface area contributed by atoms with Gasteiger partial charge in [-0.1, -0.05) is 13.8 Å². The van der Waals surface area contributed by atoms with Crippen LogP contribution >= 0.6 is 0 Å². The number of carbonyl (C=O) groups is 1. The van der Waals surface area contributed by atoms with Gasteiger partial charge in [0.1, 0.15) is 5.76 Å². The van der Waals surface area contributed by atoms with Gasteiger partial charge in [0.2, 0.25) is 0 Å². The molecule has 0 aromatic carbocycles. The van der Waals surface area contributed by atoms with Crippen LogP contribution in [0.2, 0.25) is 0 Å². The largest absolute Gasteiger partial charge is 0.469 e. The van der Waals surface area contributed by atoms with E-state index in [-0.39, 0.29) is 11.9 Å². The van der Waals surface area contributed by atoms with E-state index in [1.165, 1.54) is 0 Å². The fourth-order valence-electron chi connectivity index (χ4n) is 2.93. The summed E-state index contributed by atoms with van der Waals surface area (Å²) in [6, 6.07) is 3.89. The van der Waals surface area contributed by atoms with E-state index < -0.39 is 0 Å². The third-order valence-corrected chi connectivity index (χ3v) is 3.96. The minimum atomic E-state index is -0.00556. The van der Waals surface area contributed by atoms with E-state index >= 15 is 0 Å². The molecule has 0 spiro atoms. The molecule has 0 fully saturated rings. The molecule has 2 heterocycles. The van der Waals surface area contributed by atoms with Crippen molar-refractivity contribution in [2.75, 3.05) is 0 Å². The predicted molar refractivity (Wildman–Crippen MR) is 76.7 cm³/mol. The highest BCUT2D eigenvalue weighted by atomic mass is 16.3. The number of aromatic amines is 1. The Labute approximate surface area is 118 Å². The van der Waals surface area contributed by atoms with Gasteiger partial charge in [-0.15, -0.1) is 0 Å². The van der Waals surface area contributed by atoms with Gasteiger partial charge < -0.3 is 14.7 Å². The number of hydrogen-bond donors (Lipinski definition) is 2. The minimum absolute atomic E-state index is 0.00556. The topological polar surface area (TPSA) is 58.0 Å². The van der Waals surface area contributed by atoms with Crippen LogP contribution in [0, 0.1) is 0 Å². The molecule has 0 radical (unpaired) electrons. The Morgan fingerprint density at radius 3 is 3.10 bits per heavy atom. The Balaban J connectivity index is 1.79. The van der Waals surface area contributed by atoms with Gasteiger partial charge in [-0.05, 0) is 30.9 Å². The summed E-state index contributed by atoms with van der Waals surface area (Å²) in [5.74, 6) is 1.32. The number of aromatic nitrogens is 1. The molecule has 1 amide bonds. The van der Waals surface area contributed by atoms with Crippen LogP contribution in [0.4, 0.5) is 0 Å². The standard InChI is InChI=1S/C16H20N2O2/c1-10(2)15-12(6-8-17-15)16(19)18-13-4-3-5-14-11(13)7-9-20-14/h6-10,13,17H,3-5H2,1-2H3,(H,18,19)/t13-/m0/s1. The van der Waals surface area contributed by atoms with Crippen LogP contribution in [0.1, 0.15) is 66.0 Å². The van der Waals surface area contributed by atoms with Crippen LogP contribution in [-0.4, -0.2) is 10.9 Å². The second-order valence-electron chi connectivity index (χ2n) is 5.68. The second-order valence-corrected chi connectivity index (χ2v) is 5.68. The summed E-state index contributed by atoms with van der Waals surface area (Å²) in [5, 5.41) is 3.14. The quantitative estimate of drug-likeness (QED) is 0.897. The molecule has 0 aliphatic heterocycles. The molecule has 1 atom stereocenters. The SMILES string of the molecule is CC(C)c1[nH]ccc1C(=O)N[C@H]1CCCc2occc21. The first kappa shape index (κ1) is 13.0. The van der Waals surface area contributed by atoms with Gasteiger partial charge in [0.25, 0.3) is 5.91 Å². The lowest BCUT2D eigenvalue weighted by Crippen LogP contribution is -2.30. The highest BCUT2D eigenvalue weighted by Gasteiger charge is 2.25. The predicted octanol–water partition coefficient (Wildman–Crippen LogP) is 3.54. The summed E-state index contributed by atoms with van der Waals surface area (Å²) in [5.41, 5.74) is 2.87. The number of amides is 1. The monoisotopic (exact) mass is 272 g/mol. The van der Waals surface area contributed by atoms with Gasteiger partial charge in [-0.25, -0.2) is 0 Å². The summed E-state index contributed by atoms with van der Waals surface area (Å²) in [6.07, 6.45) is 6.53. The summed E-state index contributed by atoms with van der Waals surface area (Å²) < 4.78 is 5.46. The lowest BCUT2D eigenvalue weighted by atomic mass is 9.93. The number of carbonyl (C=O) groups excluding carboxylic acids is 1. The Morgan fingerprint density at radius 1 is 1.45 bits per heavy atom. The molecule has 4 heteroatoms. The van der Waals surface area contributed by atoms with E-state index in [1.54, 1.807) is 6.26 Å². The molecule has 0 saturated heterocycles. The van der Waals surface area contributed by atoms with Gasteiger partial charge in [0.05, 0.1) is 17.9 Å². The normalized spacial score (nSPS) is 18.1. The van der Waals surface area contributed by atoms with Crippen molar-refractivity contribution in [1.82, 2.24) is 10.3 Å². The van der Waals surface area contributed by atoms with Crippen molar-refractivity contribution in [3.63, 3.8) is 0 Å². The Morgan fingerprint density at radius 2 is 2.30 bits per heavy atom. The number of fused-ring (bicyclic) bond motifs is 1. The molecule has 4 nitrogen and oxygen atoms in total. The number of nitrogens with one attached hydrogen (secondary N) is 2. The van der Waals surface area contributed by atoms with Crippen LogP contribution in [0.3, 0.4) is 0 Å². The van der Waals surface area contributed by atoms with Crippen molar-refractivity contribution in [3.8, 4) is 0 Å². The molecule has 2 aromatic rings. The maximum Gasteiger partial charge on any atom is 0.253 e. The number of furan rings is 1. The smallest absolute Gasteiger partial charge is 0.253 e. The molecule has 20 heavy (non-hydrogen) atoms. The summed E-state index contributed by atoms with van der Waals surface area (Å²) >= 11 is 0. The van der Waals surface area contributed by atoms with Gasteiger partial charge in [0.15, 0.2) is 0 Å². The van der Waals surface area contributed by atoms with E-state index in [2.05, 4.69) is 24.1 Å². The average Bonchev–Trinajstić information content (AvgIpc) is 3.08. The zero-order chi connectivity index (χ0) is 14.1. The third kappa shape index (κ3) is 2.26. The molecule has 3 rings (SSSR count). The molecule has 0 bridgehead atoms. The maximum atomic E-state index is 12.5. The Hall–Kier alpha value is -1.97. The fourth-order valence-corrected chi connectivity index (χ4v) is 2.93. The number of aryl methyl sites for hydroxylation is 1. The molecule has 1 aliphatic rings. The van der Waals surface area contributed by atoms with Gasteiger partial charge in [-0.2, -0.15) is 0 Å². The number of H-pyrrole nitrogens is 1. The minimum Gasteiger partial charge on any atom is -0.469 e. The van der Waals surface area contributed by atoms with Crippen molar-refractivity contribution in [3.05, 3.63) is 47.2 Å². The highest BCUT2D eigenvalue weighted by molar-refractivity contribution is 5.95. The first-order chi connectivity index (χ1) is 9.66. The molecule has 106 valence electrons. The molecular weight excluding hydrogens is 252 g/mol. The van der Waals surface area contributed by atoms with Crippen LogP contribution in [-0.2, 0) is 6.42 Å². The second kappa shape index (κ2) is 5.19. The van der Waals surface area contributed by atoms with Crippen molar-refractivity contribution >= 4 is 5.91 Å². The fraction of sp³-hybridized carbons (Fsp3) is 0.438. The highest BCUT2D eigenvalue weighted by Crippen LogP contribution is 2.31.